The van der Waals surface area contributed by atoms with Crippen molar-refractivity contribution in [2.45, 2.75) is 50.7 Å². The minimum atomic E-state index is 0.156. The second-order valence-corrected chi connectivity index (χ2v) is 8.71. The number of hydrogen-bond acceptors (Lipinski definition) is 3. The highest BCUT2D eigenvalue weighted by Gasteiger charge is 2.49. The molecule has 0 saturated carbocycles. The van der Waals surface area contributed by atoms with E-state index in [-0.39, 0.29) is 5.41 Å². The van der Waals surface area contributed by atoms with Gasteiger partial charge < -0.3 is 10.1 Å². The molecule has 3 heteroatoms. The van der Waals surface area contributed by atoms with Gasteiger partial charge in [-0.15, -0.1) is 0 Å². The molecular formula is C23H28N2O. The number of methoxy groups -OCH3 is 1. The summed E-state index contributed by atoms with van der Waals surface area (Å²) in [7, 11) is 1.76. The molecule has 3 aliphatic rings. The largest absolute Gasteiger partial charge is 0.497 e. The fraction of sp³-hybridized carbons (Fsp3) is 0.478. The molecule has 5 rings (SSSR count). The molecule has 3 nitrogen and oxygen atoms in total. The lowest BCUT2D eigenvalue weighted by atomic mass is 9.62. The van der Waals surface area contributed by atoms with Crippen LogP contribution in [0, 0.1) is 5.92 Å². The third kappa shape index (κ3) is 2.30. The number of piperidine rings is 1. The fourth-order valence-corrected chi connectivity index (χ4v) is 5.65. The van der Waals surface area contributed by atoms with E-state index in [1.165, 1.54) is 35.3 Å². The Labute approximate surface area is 156 Å². The highest BCUT2D eigenvalue weighted by Crippen LogP contribution is 2.49. The van der Waals surface area contributed by atoms with Crippen molar-refractivity contribution in [3.05, 3.63) is 59.2 Å². The van der Waals surface area contributed by atoms with E-state index in [1.807, 2.05) is 0 Å². The molecule has 2 aromatic carbocycles. The predicted octanol–water partition coefficient (Wildman–Crippen LogP) is 4.21. The average molecular weight is 348 g/mol. The molecule has 1 saturated heterocycles. The molecule has 1 fully saturated rings. The summed E-state index contributed by atoms with van der Waals surface area (Å²) < 4.78 is 5.50. The van der Waals surface area contributed by atoms with E-state index < -0.39 is 0 Å². The zero-order valence-corrected chi connectivity index (χ0v) is 16.0. The smallest absolute Gasteiger partial charge is 0.119 e. The second kappa shape index (κ2) is 5.75. The van der Waals surface area contributed by atoms with Gasteiger partial charge in [-0.3, -0.25) is 4.90 Å². The maximum absolute atomic E-state index is 5.50. The molecule has 0 unspecified atom stereocenters. The third-order valence-electron chi connectivity index (χ3n) is 7.14. The molecule has 0 bridgehead atoms. The Hall–Kier alpha value is -2.00. The molecule has 0 spiro atoms. The first kappa shape index (κ1) is 16.2. The van der Waals surface area contributed by atoms with Gasteiger partial charge in [0.25, 0.3) is 0 Å². The number of rotatable bonds is 1. The van der Waals surface area contributed by atoms with Crippen LogP contribution < -0.4 is 10.1 Å². The van der Waals surface area contributed by atoms with Crippen LogP contribution in [0.4, 0.5) is 5.69 Å². The lowest BCUT2D eigenvalue weighted by molar-refractivity contribution is 0.0493. The van der Waals surface area contributed by atoms with Gasteiger partial charge in [0.15, 0.2) is 0 Å². The predicted molar refractivity (Wildman–Crippen MR) is 106 cm³/mol. The van der Waals surface area contributed by atoms with Crippen molar-refractivity contribution in [1.29, 1.82) is 0 Å². The minimum absolute atomic E-state index is 0.156. The molecular weight excluding hydrogens is 320 g/mol. The maximum atomic E-state index is 5.50. The van der Waals surface area contributed by atoms with Crippen LogP contribution in [0.3, 0.4) is 0 Å². The maximum Gasteiger partial charge on any atom is 0.119 e. The number of hydrogen-bond donors (Lipinski definition) is 1. The molecule has 1 N–H and O–H groups in total. The van der Waals surface area contributed by atoms with Gasteiger partial charge in [0.2, 0.25) is 0 Å². The quantitative estimate of drug-likeness (QED) is 0.835. The molecule has 3 atom stereocenters. The molecule has 3 heterocycles. The van der Waals surface area contributed by atoms with Gasteiger partial charge in [-0.2, -0.15) is 0 Å². The molecule has 0 aliphatic carbocycles. The van der Waals surface area contributed by atoms with Crippen LogP contribution in [0.15, 0.2) is 42.5 Å². The summed E-state index contributed by atoms with van der Waals surface area (Å²) in [4.78, 5) is 2.71. The van der Waals surface area contributed by atoms with Gasteiger partial charge in [-0.05, 0) is 65.6 Å². The lowest BCUT2D eigenvalue weighted by Crippen LogP contribution is -2.62. The van der Waals surface area contributed by atoms with Crippen molar-refractivity contribution in [3.8, 4) is 5.75 Å². The topological polar surface area (TPSA) is 24.5 Å². The van der Waals surface area contributed by atoms with E-state index in [0.717, 1.165) is 18.7 Å². The Balaban J connectivity index is 1.54. The number of anilines is 1. The van der Waals surface area contributed by atoms with E-state index in [4.69, 9.17) is 4.74 Å². The monoisotopic (exact) mass is 348 g/mol. The fourth-order valence-electron chi connectivity index (χ4n) is 5.65. The zero-order chi connectivity index (χ0) is 17.9. The summed E-state index contributed by atoms with van der Waals surface area (Å²) in [5, 5.41) is 3.94. The van der Waals surface area contributed by atoms with Crippen molar-refractivity contribution in [2.75, 3.05) is 19.0 Å². The van der Waals surface area contributed by atoms with Gasteiger partial charge >= 0.3 is 0 Å². The SMILES string of the molecule is COc1ccc2c(c1)C(C)(C)[C@H]1CCN3Cc4ccccc4C[C@H]3[C@H]1N2. The van der Waals surface area contributed by atoms with Crippen molar-refractivity contribution in [2.24, 2.45) is 5.92 Å². The lowest BCUT2D eigenvalue weighted by Gasteiger charge is -2.56. The number of ether oxygens (including phenoxy) is 1. The van der Waals surface area contributed by atoms with Crippen LogP contribution >= 0.6 is 0 Å². The molecule has 2 aromatic rings. The van der Waals surface area contributed by atoms with Crippen LogP contribution in [-0.4, -0.2) is 30.6 Å². The van der Waals surface area contributed by atoms with Crippen molar-refractivity contribution >= 4 is 5.69 Å². The first-order valence-corrected chi connectivity index (χ1v) is 9.84. The van der Waals surface area contributed by atoms with E-state index in [9.17, 15) is 0 Å². The summed E-state index contributed by atoms with van der Waals surface area (Å²) in [5.41, 5.74) is 5.90. The van der Waals surface area contributed by atoms with Crippen molar-refractivity contribution < 1.29 is 4.74 Å². The van der Waals surface area contributed by atoms with Crippen LogP contribution in [0.1, 0.15) is 37.0 Å². The highest BCUT2D eigenvalue weighted by atomic mass is 16.5. The van der Waals surface area contributed by atoms with Crippen LogP contribution in [0.5, 0.6) is 5.75 Å². The molecule has 3 aliphatic heterocycles. The van der Waals surface area contributed by atoms with Crippen molar-refractivity contribution in [1.82, 2.24) is 4.90 Å². The minimum Gasteiger partial charge on any atom is -0.497 e. The average Bonchev–Trinajstić information content (AvgIpc) is 2.66. The Morgan fingerprint density at radius 2 is 1.92 bits per heavy atom. The molecule has 0 radical (unpaired) electrons. The summed E-state index contributed by atoms with van der Waals surface area (Å²) >= 11 is 0. The van der Waals surface area contributed by atoms with Crippen LogP contribution in [0.2, 0.25) is 0 Å². The number of benzene rings is 2. The molecule has 26 heavy (non-hydrogen) atoms. The van der Waals surface area contributed by atoms with Gasteiger partial charge in [0, 0.05) is 24.3 Å². The van der Waals surface area contributed by atoms with Gasteiger partial charge in [0.1, 0.15) is 5.75 Å². The second-order valence-electron chi connectivity index (χ2n) is 8.71. The van der Waals surface area contributed by atoms with Gasteiger partial charge in [-0.1, -0.05) is 38.1 Å². The number of nitrogens with one attached hydrogen (secondary N) is 1. The van der Waals surface area contributed by atoms with Gasteiger partial charge in [0.05, 0.1) is 7.11 Å². The van der Waals surface area contributed by atoms with Crippen LogP contribution in [0.25, 0.3) is 0 Å². The summed E-state index contributed by atoms with van der Waals surface area (Å²) in [6, 6.07) is 16.6. The normalized spacial score (nSPS) is 28.8. The summed E-state index contributed by atoms with van der Waals surface area (Å²) in [6.07, 6.45) is 2.41. The van der Waals surface area contributed by atoms with Gasteiger partial charge in [-0.25, -0.2) is 0 Å². The number of fused-ring (bicyclic) bond motifs is 5. The van der Waals surface area contributed by atoms with Crippen LogP contribution in [-0.2, 0) is 18.4 Å². The van der Waals surface area contributed by atoms with E-state index in [2.05, 4.69) is 66.5 Å². The first-order valence-electron chi connectivity index (χ1n) is 9.84. The molecule has 0 aromatic heterocycles. The zero-order valence-electron chi connectivity index (χ0n) is 16.0. The molecule has 136 valence electrons. The Kier molecular flexibility index (Phi) is 3.58. The van der Waals surface area contributed by atoms with Crippen molar-refractivity contribution in [3.63, 3.8) is 0 Å². The Bertz CT molecular complexity index is 844. The molecule has 0 amide bonds. The van der Waals surface area contributed by atoms with E-state index >= 15 is 0 Å². The Morgan fingerprint density at radius 3 is 2.73 bits per heavy atom. The summed E-state index contributed by atoms with van der Waals surface area (Å²) in [5.74, 6) is 1.61. The first-order chi connectivity index (χ1) is 12.6. The highest BCUT2D eigenvalue weighted by molar-refractivity contribution is 5.61. The van der Waals surface area contributed by atoms with E-state index in [0.29, 0.717) is 18.0 Å². The van der Waals surface area contributed by atoms with E-state index in [1.54, 1.807) is 7.11 Å². The standard InChI is InChI=1S/C23H28N2O/c1-23(2)18-10-11-25-14-16-7-5-4-6-15(16)12-21(25)22(18)24-20-9-8-17(26-3)13-19(20)23/h4-9,13,18,21-22,24H,10-12,14H2,1-3H3/t18-,21-,22-/m0/s1. The summed E-state index contributed by atoms with van der Waals surface area (Å²) in [6.45, 7) is 7.15. The Morgan fingerprint density at radius 1 is 1.12 bits per heavy atom. The number of nitrogens with zero attached hydrogens (tertiary/aromatic N) is 1. The third-order valence-corrected chi connectivity index (χ3v) is 7.14.